The Morgan fingerprint density at radius 1 is 1.39 bits per heavy atom. The lowest BCUT2D eigenvalue weighted by molar-refractivity contribution is 0.1000. The number of nitrogens with two attached hydrogens (primary N) is 2. The third-order valence-electron chi connectivity index (χ3n) is 3.14. The predicted molar refractivity (Wildman–Crippen MR) is 73.0 cm³/mol. The minimum absolute atomic E-state index is 0.355. The molecule has 1 rings (SSSR count). The number of benzene rings is 1. The SMILES string of the molecule is CCC(N)(CC)COc1ccc(C(N)=O)cc1Cl. The summed E-state index contributed by atoms with van der Waals surface area (Å²) in [7, 11) is 0. The van der Waals surface area contributed by atoms with Crippen LogP contribution in [-0.4, -0.2) is 18.1 Å². The number of hydrogen-bond donors (Lipinski definition) is 2. The Morgan fingerprint density at radius 2 is 2.00 bits per heavy atom. The quantitative estimate of drug-likeness (QED) is 0.833. The standard InChI is InChI=1S/C13H19ClN2O2/c1-3-13(16,4-2)8-18-11-6-5-9(12(15)17)7-10(11)14/h5-7H,3-4,8,16H2,1-2H3,(H2,15,17). The summed E-state index contributed by atoms with van der Waals surface area (Å²) in [6.45, 7) is 4.42. The van der Waals surface area contributed by atoms with Crippen LogP contribution in [0.25, 0.3) is 0 Å². The summed E-state index contributed by atoms with van der Waals surface area (Å²) in [5.41, 5.74) is 11.3. The monoisotopic (exact) mass is 270 g/mol. The van der Waals surface area contributed by atoms with Crippen molar-refractivity contribution in [3.8, 4) is 5.75 Å². The number of ether oxygens (including phenoxy) is 1. The first kappa shape index (κ1) is 14.8. The molecule has 5 heteroatoms. The molecule has 1 amide bonds. The van der Waals surface area contributed by atoms with E-state index in [1.807, 2.05) is 13.8 Å². The van der Waals surface area contributed by atoms with Gasteiger partial charge in [-0.15, -0.1) is 0 Å². The van der Waals surface area contributed by atoms with E-state index in [1.54, 1.807) is 12.1 Å². The van der Waals surface area contributed by atoms with Crippen LogP contribution >= 0.6 is 11.6 Å². The number of rotatable bonds is 6. The molecule has 0 fully saturated rings. The van der Waals surface area contributed by atoms with Crippen LogP contribution in [0, 0.1) is 0 Å². The summed E-state index contributed by atoms with van der Waals surface area (Å²) in [6.07, 6.45) is 1.64. The van der Waals surface area contributed by atoms with Crippen molar-refractivity contribution in [2.24, 2.45) is 11.5 Å². The van der Waals surface area contributed by atoms with Gasteiger partial charge in [0.05, 0.1) is 5.02 Å². The molecule has 4 N–H and O–H groups in total. The van der Waals surface area contributed by atoms with E-state index in [0.29, 0.717) is 22.9 Å². The Labute approximate surface area is 112 Å². The van der Waals surface area contributed by atoms with Gasteiger partial charge in [0.1, 0.15) is 12.4 Å². The van der Waals surface area contributed by atoms with Gasteiger partial charge in [-0.2, -0.15) is 0 Å². The summed E-state index contributed by atoms with van der Waals surface area (Å²) in [6, 6.07) is 4.71. The van der Waals surface area contributed by atoms with Crippen LogP contribution in [0.2, 0.25) is 5.02 Å². The molecule has 4 nitrogen and oxygen atoms in total. The molecule has 0 saturated carbocycles. The molecule has 0 atom stereocenters. The van der Waals surface area contributed by atoms with Gasteiger partial charge < -0.3 is 16.2 Å². The van der Waals surface area contributed by atoms with Crippen LogP contribution in [0.1, 0.15) is 37.0 Å². The lowest BCUT2D eigenvalue weighted by Gasteiger charge is -2.26. The van der Waals surface area contributed by atoms with Crippen LogP contribution in [0.4, 0.5) is 0 Å². The Hall–Kier alpha value is -1.26. The maximum absolute atomic E-state index is 11.0. The average molecular weight is 271 g/mol. The van der Waals surface area contributed by atoms with Gasteiger partial charge in [0, 0.05) is 11.1 Å². The minimum Gasteiger partial charge on any atom is -0.490 e. The Morgan fingerprint density at radius 3 is 2.44 bits per heavy atom. The molecule has 0 spiro atoms. The first-order chi connectivity index (χ1) is 8.41. The molecule has 0 saturated heterocycles. The first-order valence-electron chi connectivity index (χ1n) is 5.93. The highest BCUT2D eigenvalue weighted by molar-refractivity contribution is 6.32. The molecule has 0 bridgehead atoms. The van der Waals surface area contributed by atoms with Crippen molar-refractivity contribution >= 4 is 17.5 Å². The summed E-state index contributed by atoms with van der Waals surface area (Å²) in [5.74, 6) is -0.00266. The molecule has 0 aliphatic heterocycles. The third kappa shape index (κ3) is 3.62. The van der Waals surface area contributed by atoms with Crippen molar-refractivity contribution in [2.75, 3.05) is 6.61 Å². The van der Waals surface area contributed by atoms with Crippen LogP contribution in [0.15, 0.2) is 18.2 Å². The topological polar surface area (TPSA) is 78.3 Å². The summed E-state index contributed by atoms with van der Waals surface area (Å²) >= 11 is 6.02. The second-order valence-electron chi connectivity index (χ2n) is 4.37. The van der Waals surface area contributed by atoms with Crippen LogP contribution in [0.5, 0.6) is 5.75 Å². The number of amides is 1. The molecule has 0 unspecified atom stereocenters. The molecule has 1 aromatic rings. The molecule has 0 aliphatic rings. The first-order valence-corrected chi connectivity index (χ1v) is 6.30. The van der Waals surface area contributed by atoms with E-state index in [-0.39, 0.29) is 5.54 Å². The van der Waals surface area contributed by atoms with Gasteiger partial charge in [0.25, 0.3) is 0 Å². The predicted octanol–water partition coefficient (Wildman–Crippen LogP) is 2.34. The van der Waals surface area contributed by atoms with Crippen molar-refractivity contribution in [3.63, 3.8) is 0 Å². The maximum Gasteiger partial charge on any atom is 0.248 e. The van der Waals surface area contributed by atoms with Crippen molar-refractivity contribution in [3.05, 3.63) is 28.8 Å². The molecule has 100 valence electrons. The van der Waals surface area contributed by atoms with Crippen LogP contribution < -0.4 is 16.2 Å². The fourth-order valence-electron chi connectivity index (χ4n) is 1.45. The van der Waals surface area contributed by atoms with E-state index >= 15 is 0 Å². The van der Waals surface area contributed by atoms with Crippen molar-refractivity contribution < 1.29 is 9.53 Å². The van der Waals surface area contributed by atoms with Crippen molar-refractivity contribution in [1.29, 1.82) is 0 Å². The van der Waals surface area contributed by atoms with E-state index in [9.17, 15) is 4.79 Å². The molecule has 0 aromatic heterocycles. The molecule has 18 heavy (non-hydrogen) atoms. The van der Waals surface area contributed by atoms with E-state index in [1.165, 1.54) is 6.07 Å². The largest absolute Gasteiger partial charge is 0.490 e. The fourth-order valence-corrected chi connectivity index (χ4v) is 1.68. The number of carbonyl (C=O) groups excluding carboxylic acids is 1. The second kappa shape index (κ2) is 6.07. The molecule has 0 radical (unpaired) electrons. The Kier molecular flexibility index (Phi) is 4.99. The summed E-state index contributed by atoms with van der Waals surface area (Å²) < 4.78 is 5.61. The maximum atomic E-state index is 11.0. The van der Waals surface area contributed by atoms with Crippen LogP contribution in [-0.2, 0) is 0 Å². The zero-order valence-corrected chi connectivity index (χ0v) is 11.5. The van der Waals surface area contributed by atoms with E-state index < -0.39 is 5.91 Å². The second-order valence-corrected chi connectivity index (χ2v) is 4.77. The molecular formula is C13H19ClN2O2. The highest BCUT2D eigenvalue weighted by atomic mass is 35.5. The number of hydrogen-bond acceptors (Lipinski definition) is 3. The number of carbonyl (C=O) groups is 1. The third-order valence-corrected chi connectivity index (χ3v) is 3.44. The summed E-state index contributed by atoms with van der Waals surface area (Å²) in [4.78, 5) is 11.0. The van der Waals surface area contributed by atoms with E-state index in [2.05, 4.69) is 0 Å². The van der Waals surface area contributed by atoms with Gasteiger partial charge in [-0.05, 0) is 31.0 Å². The molecule has 0 heterocycles. The van der Waals surface area contributed by atoms with Gasteiger partial charge in [0.15, 0.2) is 0 Å². The van der Waals surface area contributed by atoms with Crippen molar-refractivity contribution in [1.82, 2.24) is 0 Å². The van der Waals surface area contributed by atoms with Gasteiger partial charge >= 0.3 is 0 Å². The smallest absolute Gasteiger partial charge is 0.248 e. The van der Waals surface area contributed by atoms with Gasteiger partial charge in [-0.3, -0.25) is 4.79 Å². The van der Waals surface area contributed by atoms with Gasteiger partial charge in [-0.25, -0.2) is 0 Å². The highest BCUT2D eigenvalue weighted by Gasteiger charge is 2.21. The number of halogens is 1. The fraction of sp³-hybridized carbons (Fsp3) is 0.462. The molecule has 1 aromatic carbocycles. The van der Waals surface area contributed by atoms with Gasteiger partial charge in [-0.1, -0.05) is 25.4 Å². The van der Waals surface area contributed by atoms with Crippen LogP contribution in [0.3, 0.4) is 0 Å². The average Bonchev–Trinajstić information content (AvgIpc) is 2.36. The molecule has 0 aliphatic carbocycles. The highest BCUT2D eigenvalue weighted by Crippen LogP contribution is 2.26. The Balaban J connectivity index is 2.77. The Bertz CT molecular complexity index is 431. The molecular weight excluding hydrogens is 252 g/mol. The van der Waals surface area contributed by atoms with Gasteiger partial charge in [0.2, 0.25) is 5.91 Å². The minimum atomic E-state index is -0.515. The summed E-state index contributed by atoms with van der Waals surface area (Å²) in [5, 5.41) is 0.362. The number of primary amides is 1. The normalized spacial score (nSPS) is 11.3. The zero-order valence-electron chi connectivity index (χ0n) is 10.7. The van der Waals surface area contributed by atoms with Crippen molar-refractivity contribution in [2.45, 2.75) is 32.2 Å². The lowest BCUT2D eigenvalue weighted by atomic mass is 9.96. The zero-order chi connectivity index (χ0) is 13.8. The van der Waals surface area contributed by atoms with E-state index in [4.69, 9.17) is 27.8 Å². The van der Waals surface area contributed by atoms with E-state index in [0.717, 1.165) is 12.8 Å². The lowest BCUT2D eigenvalue weighted by Crippen LogP contribution is -2.44.